The van der Waals surface area contributed by atoms with E-state index in [0.29, 0.717) is 28.2 Å². The third-order valence-corrected chi connectivity index (χ3v) is 7.09. The maximum atomic E-state index is 13.9. The van der Waals surface area contributed by atoms with Crippen molar-refractivity contribution in [2.45, 2.75) is 19.1 Å². The van der Waals surface area contributed by atoms with Gasteiger partial charge >= 0.3 is 6.18 Å². The van der Waals surface area contributed by atoms with E-state index in [1.54, 1.807) is 24.4 Å². The lowest BCUT2D eigenvalue weighted by Gasteiger charge is -2.29. The second kappa shape index (κ2) is 10.2. The first-order valence-corrected chi connectivity index (χ1v) is 12.8. The third kappa shape index (κ3) is 4.71. The minimum absolute atomic E-state index is 0.0139. The average Bonchev–Trinajstić information content (AvgIpc) is 3.62. The molecule has 1 amide bonds. The molecule has 1 aliphatic rings. The first-order valence-electron chi connectivity index (χ1n) is 12.8. The number of amides is 1. The molecule has 6 rings (SSSR count). The number of hydrogen-bond donors (Lipinski definition) is 1. The van der Waals surface area contributed by atoms with Crippen molar-refractivity contribution in [1.29, 1.82) is 0 Å². The number of halogens is 3. The number of ether oxygens (including phenoxy) is 1. The Morgan fingerprint density at radius 1 is 1.10 bits per heavy atom. The van der Waals surface area contributed by atoms with Crippen molar-refractivity contribution < 1.29 is 22.7 Å². The van der Waals surface area contributed by atoms with Gasteiger partial charge in [-0.25, -0.2) is 19.9 Å². The smallest absolute Gasteiger partial charge is 0.433 e. The predicted octanol–water partition coefficient (Wildman–Crippen LogP) is 5.05. The second-order valence-electron chi connectivity index (χ2n) is 9.51. The molecular weight excluding hydrogens is 535 g/mol. The maximum Gasteiger partial charge on any atom is 0.433 e. The van der Waals surface area contributed by atoms with E-state index >= 15 is 0 Å². The summed E-state index contributed by atoms with van der Waals surface area (Å²) in [5.41, 5.74) is 2.62. The summed E-state index contributed by atoms with van der Waals surface area (Å²) in [6.07, 6.45) is 1.43. The number of alkyl halides is 3. The van der Waals surface area contributed by atoms with Crippen molar-refractivity contribution in [3.05, 3.63) is 83.6 Å². The van der Waals surface area contributed by atoms with Gasteiger partial charge in [0.05, 0.1) is 36.1 Å². The number of aryl methyl sites for hydroxylation is 1. The van der Waals surface area contributed by atoms with E-state index in [1.807, 2.05) is 41.9 Å². The van der Waals surface area contributed by atoms with Crippen LogP contribution in [0.1, 0.15) is 22.5 Å². The molecule has 0 saturated heterocycles. The highest BCUT2D eigenvalue weighted by atomic mass is 19.4. The first kappa shape index (κ1) is 26.2. The lowest BCUT2D eigenvalue weighted by molar-refractivity contribution is -0.142. The SMILES string of the molecule is COc1ncnc2c1c(/C=C/C(=O)N1CCc3c(nc(-c4ccc[nH]4)nc3C(F)(F)F)C1)c(-c1ccccc1)n2C. The Kier molecular flexibility index (Phi) is 6.52. The fourth-order valence-corrected chi connectivity index (χ4v) is 5.22. The van der Waals surface area contributed by atoms with E-state index in [0.717, 1.165) is 11.3 Å². The average molecular weight is 560 g/mol. The van der Waals surface area contributed by atoms with E-state index in [9.17, 15) is 18.0 Å². The monoisotopic (exact) mass is 559 g/mol. The standard InChI is InChI=1S/C29H24F3N7O2/c1-38-24(17-7-4-3-5-8-17)19(23-27(38)34-16-35-28(23)41-2)10-11-22(40)39-14-12-18-21(15-39)36-26(20-9-6-13-33-20)37-25(18)29(30,31)32/h3-11,13,16,33H,12,14-15H2,1-2H3/b11-10+. The Bertz CT molecular complexity index is 1780. The third-order valence-electron chi connectivity index (χ3n) is 7.09. The van der Waals surface area contributed by atoms with Gasteiger partial charge in [0.2, 0.25) is 11.8 Å². The number of carbonyl (C=O) groups is 1. The van der Waals surface area contributed by atoms with Crippen molar-refractivity contribution >= 4 is 23.0 Å². The number of rotatable bonds is 5. The summed E-state index contributed by atoms with van der Waals surface area (Å²) >= 11 is 0. The summed E-state index contributed by atoms with van der Waals surface area (Å²) in [6, 6.07) is 12.9. The fraction of sp³-hybridized carbons (Fsp3) is 0.207. The molecule has 4 aromatic heterocycles. The van der Waals surface area contributed by atoms with Crippen LogP contribution in [0.15, 0.2) is 61.1 Å². The zero-order valence-electron chi connectivity index (χ0n) is 22.1. The van der Waals surface area contributed by atoms with Gasteiger partial charge in [0.15, 0.2) is 11.5 Å². The fourth-order valence-electron chi connectivity index (χ4n) is 5.22. The van der Waals surface area contributed by atoms with Crippen LogP contribution in [-0.4, -0.2) is 53.9 Å². The number of methoxy groups -OCH3 is 1. The van der Waals surface area contributed by atoms with Crippen LogP contribution in [0.5, 0.6) is 5.88 Å². The molecule has 0 spiro atoms. The summed E-state index contributed by atoms with van der Waals surface area (Å²) in [5, 5.41) is 0.641. The minimum atomic E-state index is -4.65. The molecule has 208 valence electrons. The van der Waals surface area contributed by atoms with Gasteiger partial charge in [-0.15, -0.1) is 0 Å². The van der Waals surface area contributed by atoms with Crippen LogP contribution in [0.4, 0.5) is 13.2 Å². The minimum Gasteiger partial charge on any atom is -0.480 e. The Hall–Kier alpha value is -5.00. The molecule has 12 heteroatoms. The molecule has 0 radical (unpaired) electrons. The number of nitrogens with one attached hydrogen (secondary N) is 1. The van der Waals surface area contributed by atoms with E-state index < -0.39 is 11.9 Å². The summed E-state index contributed by atoms with van der Waals surface area (Å²) in [7, 11) is 3.39. The molecule has 1 aromatic carbocycles. The molecule has 0 fully saturated rings. The largest absolute Gasteiger partial charge is 0.480 e. The highest BCUT2D eigenvalue weighted by Crippen LogP contribution is 2.38. The van der Waals surface area contributed by atoms with Crippen molar-refractivity contribution in [2.75, 3.05) is 13.7 Å². The predicted molar refractivity (Wildman–Crippen MR) is 145 cm³/mol. The van der Waals surface area contributed by atoms with Crippen molar-refractivity contribution in [3.8, 4) is 28.7 Å². The Morgan fingerprint density at radius 2 is 1.90 bits per heavy atom. The lowest BCUT2D eigenvalue weighted by atomic mass is 10.0. The van der Waals surface area contributed by atoms with Gasteiger partial charge in [0.1, 0.15) is 12.0 Å². The van der Waals surface area contributed by atoms with Crippen molar-refractivity contribution in [1.82, 2.24) is 34.4 Å². The quantitative estimate of drug-likeness (QED) is 0.303. The topological polar surface area (TPSA) is 102 Å². The number of H-pyrrole nitrogens is 1. The van der Waals surface area contributed by atoms with Crippen LogP contribution in [0.2, 0.25) is 0 Å². The summed E-state index contributed by atoms with van der Waals surface area (Å²) in [4.78, 5) is 34.7. The first-order chi connectivity index (χ1) is 19.8. The maximum absolute atomic E-state index is 13.9. The van der Waals surface area contributed by atoms with E-state index in [-0.39, 0.29) is 42.5 Å². The molecule has 0 saturated carbocycles. The highest BCUT2D eigenvalue weighted by Gasteiger charge is 2.39. The molecule has 41 heavy (non-hydrogen) atoms. The Balaban J connectivity index is 1.37. The number of benzene rings is 1. The van der Waals surface area contributed by atoms with Gasteiger partial charge in [0.25, 0.3) is 0 Å². The second-order valence-corrected chi connectivity index (χ2v) is 9.51. The van der Waals surface area contributed by atoms with Crippen molar-refractivity contribution in [3.63, 3.8) is 0 Å². The van der Waals surface area contributed by atoms with Gasteiger partial charge in [-0.05, 0) is 30.2 Å². The number of aromatic amines is 1. The molecule has 1 aliphatic heterocycles. The van der Waals surface area contributed by atoms with Gasteiger partial charge in [0, 0.05) is 37.0 Å². The Labute approximate surface area is 232 Å². The van der Waals surface area contributed by atoms with E-state index in [1.165, 1.54) is 24.4 Å². The molecule has 9 nitrogen and oxygen atoms in total. The summed E-state index contributed by atoms with van der Waals surface area (Å²) < 4.78 is 49.2. The molecule has 0 unspecified atom stereocenters. The number of carbonyl (C=O) groups excluding carboxylic acids is 1. The molecule has 0 aliphatic carbocycles. The number of aromatic nitrogens is 6. The number of hydrogen-bond acceptors (Lipinski definition) is 6. The van der Waals surface area contributed by atoms with Crippen LogP contribution in [0.3, 0.4) is 0 Å². The van der Waals surface area contributed by atoms with Gasteiger partial charge in [-0.2, -0.15) is 13.2 Å². The molecule has 1 N–H and O–H groups in total. The van der Waals surface area contributed by atoms with E-state index in [2.05, 4.69) is 24.9 Å². The van der Waals surface area contributed by atoms with Gasteiger partial charge in [-0.3, -0.25) is 4.79 Å². The molecular formula is C29H24F3N7O2. The number of nitrogens with zero attached hydrogens (tertiary/aromatic N) is 6. The van der Waals surface area contributed by atoms with Gasteiger partial charge in [-0.1, -0.05) is 30.3 Å². The van der Waals surface area contributed by atoms with E-state index in [4.69, 9.17) is 4.74 Å². The summed E-state index contributed by atoms with van der Waals surface area (Å²) in [6.45, 7) is 0.0172. The van der Waals surface area contributed by atoms with Crippen molar-refractivity contribution in [2.24, 2.45) is 7.05 Å². The normalized spacial score (nSPS) is 13.6. The van der Waals surface area contributed by atoms with Gasteiger partial charge < -0.3 is 19.2 Å². The Morgan fingerprint density at radius 3 is 2.61 bits per heavy atom. The number of fused-ring (bicyclic) bond motifs is 2. The van der Waals surface area contributed by atoms with Crippen LogP contribution < -0.4 is 4.74 Å². The summed E-state index contributed by atoms with van der Waals surface area (Å²) in [5.74, 6) is -0.0719. The van der Waals surface area contributed by atoms with Crippen LogP contribution in [0, 0.1) is 0 Å². The molecule has 0 atom stereocenters. The van der Waals surface area contributed by atoms with Crippen LogP contribution in [-0.2, 0) is 31.0 Å². The molecule has 5 aromatic rings. The zero-order chi connectivity index (χ0) is 28.7. The van der Waals surface area contributed by atoms with Crippen LogP contribution >= 0.6 is 0 Å². The lowest BCUT2D eigenvalue weighted by Crippen LogP contribution is -2.37. The molecule has 5 heterocycles. The molecule has 0 bridgehead atoms. The van der Waals surface area contributed by atoms with Crippen LogP contribution in [0.25, 0.3) is 39.9 Å². The zero-order valence-corrected chi connectivity index (χ0v) is 22.1. The highest BCUT2D eigenvalue weighted by molar-refractivity contribution is 6.02.